The maximum atomic E-state index is 3.60. The van der Waals surface area contributed by atoms with Gasteiger partial charge in [0.05, 0.1) is 0 Å². The van der Waals surface area contributed by atoms with Gasteiger partial charge in [-0.25, -0.2) is 0 Å². The van der Waals surface area contributed by atoms with Crippen LogP contribution in [0.3, 0.4) is 0 Å². The molecule has 1 unspecified atom stereocenters. The first kappa shape index (κ1) is 9.44. The average molecular weight is 194 g/mol. The van der Waals surface area contributed by atoms with Gasteiger partial charge in [0.25, 0.3) is 0 Å². The van der Waals surface area contributed by atoms with E-state index < -0.39 is 0 Å². The van der Waals surface area contributed by atoms with Gasteiger partial charge < -0.3 is 4.90 Å². The first-order valence-electron chi connectivity index (χ1n) is 3.45. The van der Waals surface area contributed by atoms with Crippen molar-refractivity contribution in [3.05, 3.63) is 0 Å². The molecule has 0 saturated carbocycles. The minimum absolute atomic E-state index is 0.678. The van der Waals surface area contributed by atoms with Crippen molar-refractivity contribution in [1.82, 2.24) is 4.90 Å². The van der Waals surface area contributed by atoms with E-state index >= 15 is 0 Å². The molecular weight excluding hydrogens is 178 g/mol. The predicted molar refractivity (Wildman–Crippen MR) is 46.2 cm³/mol. The van der Waals surface area contributed by atoms with Crippen molar-refractivity contribution in [2.24, 2.45) is 0 Å². The monoisotopic (exact) mass is 193 g/mol. The molecule has 0 N–H and O–H groups in total. The summed E-state index contributed by atoms with van der Waals surface area (Å²) in [5.41, 5.74) is 0. The largest absolute Gasteiger partial charge is 0.308 e. The number of hydrogen-bond donors (Lipinski definition) is 0. The lowest BCUT2D eigenvalue weighted by Crippen LogP contribution is -2.21. The van der Waals surface area contributed by atoms with Crippen LogP contribution in [0.15, 0.2) is 0 Å². The van der Waals surface area contributed by atoms with Crippen LogP contribution in [0.5, 0.6) is 0 Å². The van der Waals surface area contributed by atoms with E-state index in [0.29, 0.717) is 4.83 Å². The summed E-state index contributed by atoms with van der Waals surface area (Å²) in [5.74, 6) is 0. The molecule has 0 spiro atoms. The normalized spacial score (nSPS) is 14.3. The second-order valence-electron chi connectivity index (χ2n) is 2.65. The summed E-state index contributed by atoms with van der Waals surface area (Å²) in [6, 6.07) is 0. The van der Waals surface area contributed by atoms with Crippen molar-refractivity contribution in [2.75, 3.05) is 20.6 Å². The molecule has 0 amide bonds. The average Bonchev–Trinajstić information content (AvgIpc) is 1.63. The maximum absolute atomic E-state index is 3.60. The van der Waals surface area contributed by atoms with E-state index in [4.69, 9.17) is 0 Å². The maximum Gasteiger partial charge on any atom is 0.0272 e. The first-order chi connectivity index (χ1) is 4.16. The fourth-order valence-corrected chi connectivity index (χ4v) is 1.84. The predicted octanol–water partition coefficient (Wildman–Crippen LogP) is 2.11. The minimum Gasteiger partial charge on any atom is -0.308 e. The van der Waals surface area contributed by atoms with Crippen molar-refractivity contribution in [2.45, 2.75) is 24.6 Å². The molecule has 2 heteroatoms. The van der Waals surface area contributed by atoms with Crippen LogP contribution in [0.1, 0.15) is 19.8 Å². The topological polar surface area (TPSA) is 3.24 Å². The fraction of sp³-hybridized carbons (Fsp3) is 1.00. The van der Waals surface area contributed by atoms with Gasteiger partial charge in [-0.1, -0.05) is 29.3 Å². The highest BCUT2D eigenvalue weighted by Gasteiger charge is 2.01. The van der Waals surface area contributed by atoms with Gasteiger partial charge >= 0.3 is 0 Å². The number of halogens is 1. The van der Waals surface area contributed by atoms with E-state index in [1.807, 2.05) is 0 Å². The second kappa shape index (κ2) is 5.24. The molecule has 0 heterocycles. The molecule has 0 aromatic rings. The van der Waals surface area contributed by atoms with Gasteiger partial charge in [0.15, 0.2) is 0 Å². The van der Waals surface area contributed by atoms with Crippen molar-refractivity contribution in [3.8, 4) is 0 Å². The summed E-state index contributed by atoms with van der Waals surface area (Å²) in [5, 5.41) is 0. The fourth-order valence-electron chi connectivity index (χ4n) is 0.801. The highest BCUT2D eigenvalue weighted by atomic mass is 79.9. The smallest absolute Gasteiger partial charge is 0.0272 e. The van der Waals surface area contributed by atoms with E-state index in [2.05, 4.69) is 41.8 Å². The summed E-state index contributed by atoms with van der Waals surface area (Å²) in [4.78, 5) is 2.88. The molecule has 0 aliphatic carbocycles. The number of hydrogen-bond acceptors (Lipinski definition) is 1. The molecular formula is C7H16BrN. The van der Waals surface area contributed by atoms with Crippen LogP contribution >= 0.6 is 15.9 Å². The summed E-state index contributed by atoms with van der Waals surface area (Å²) < 4.78 is 0. The first-order valence-corrected chi connectivity index (χ1v) is 4.37. The van der Waals surface area contributed by atoms with Gasteiger partial charge in [-0.3, -0.25) is 0 Å². The van der Waals surface area contributed by atoms with E-state index in [1.165, 1.54) is 12.8 Å². The molecule has 1 nitrogen and oxygen atoms in total. The van der Waals surface area contributed by atoms with Crippen LogP contribution in [-0.2, 0) is 0 Å². The zero-order valence-corrected chi connectivity index (χ0v) is 8.11. The SMILES string of the molecule is CCCC(Br)CN(C)C. The van der Waals surface area contributed by atoms with Crippen LogP contribution in [0.25, 0.3) is 0 Å². The molecule has 0 aromatic heterocycles. The molecule has 56 valence electrons. The van der Waals surface area contributed by atoms with Crippen LogP contribution in [0.4, 0.5) is 0 Å². The Hall–Kier alpha value is 0.440. The third kappa shape index (κ3) is 6.32. The van der Waals surface area contributed by atoms with Crippen LogP contribution < -0.4 is 0 Å². The molecule has 0 radical (unpaired) electrons. The molecule has 9 heavy (non-hydrogen) atoms. The van der Waals surface area contributed by atoms with Crippen molar-refractivity contribution < 1.29 is 0 Å². The van der Waals surface area contributed by atoms with Gasteiger partial charge in [-0.05, 0) is 20.5 Å². The van der Waals surface area contributed by atoms with Gasteiger partial charge in [0.2, 0.25) is 0 Å². The third-order valence-corrected chi connectivity index (χ3v) is 1.91. The molecule has 0 aromatic carbocycles. The molecule has 0 aliphatic rings. The summed E-state index contributed by atoms with van der Waals surface area (Å²) in [7, 11) is 4.20. The molecule has 0 saturated heterocycles. The van der Waals surface area contributed by atoms with E-state index in [9.17, 15) is 0 Å². The Kier molecular flexibility index (Phi) is 5.50. The van der Waals surface area contributed by atoms with Crippen molar-refractivity contribution >= 4 is 15.9 Å². The van der Waals surface area contributed by atoms with Gasteiger partial charge in [-0.15, -0.1) is 0 Å². The number of alkyl halides is 1. The minimum atomic E-state index is 0.678. The Morgan fingerprint density at radius 1 is 1.44 bits per heavy atom. The second-order valence-corrected chi connectivity index (χ2v) is 3.94. The standard InChI is InChI=1S/C7H16BrN/c1-4-5-7(8)6-9(2)3/h7H,4-6H2,1-3H3. The molecule has 0 rings (SSSR count). The Morgan fingerprint density at radius 2 is 2.00 bits per heavy atom. The van der Waals surface area contributed by atoms with Crippen LogP contribution in [-0.4, -0.2) is 30.4 Å². The highest BCUT2D eigenvalue weighted by molar-refractivity contribution is 9.09. The molecule has 1 atom stereocenters. The van der Waals surface area contributed by atoms with E-state index in [0.717, 1.165) is 6.54 Å². The summed E-state index contributed by atoms with van der Waals surface area (Å²) >= 11 is 3.60. The Morgan fingerprint density at radius 3 is 2.33 bits per heavy atom. The highest BCUT2D eigenvalue weighted by Crippen LogP contribution is 2.07. The van der Waals surface area contributed by atoms with Gasteiger partial charge in [0.1, 0.15) is 0 Å². The zero-order valence-electron chi connectivity index (χ0n) is 6.52. The quantitative estimate of drug-likeness (QED) is 0.619. The molecule has 0 bridgehead atoms. The summed E-state index contributed by atoms with van der Waals surface area (Å²) in [6.45, 7) is 3.36. The van der Waals surface area contributed by atoms with E-state index in [1.54, 1.807) is 0 Å². The van der Waals surface area contributed by atoms with E-state index in [-0.39, 0.29) is 0 Å². The number of nitrogens with zero attached hydrogens (tertiary/aromatic N) is 1. The number of rotatable bonds is 4. The van der Waals surface area contributed by atoms with Crippen LogP contribution in [0, 0.1) is 0 Å². The van der Waals surface area contributed by atoms with Gasteiger partial charge in [0, 0.05) is 11.4 Å². The van der Waals surface area contributed by atoms with Crippen molar-refractivity contribution in [3.63, 3.8) is 0 Å². The Labute approximate surface area is 66.6 Å². The molecule has 0 aliphatic heterocycles. The lowest BCUT2D eigenvalue weighted by Gasteiger charge is -2.13. The summed E-state index contributed by atoms with van der Waals surface area (Å²) in [6.07, 6.45) is 2.54. The zero-order chi connectivity index (χ0) is 7.28. The van der Waals surface area contributed by atoms with Gasteiger partial charge in [-0.2, -0.15) is 0 Å². The lowest BCUT2D eigenvalue weighted by molar-refractivity contribution is 0.402. The lowest BCUT2D eigenvalue weighted by atomic mass is 10.2. The Balaban J connectivity index is 3.15. The third-order valence-electron chi connectivity index (χ3n) is 1.17. The Bertz CT molecular complexity index is 63.9. The van der Waals surface area contributed by atoms with Crippen molar-refractivity contribution in [1.29, 1.82) is 0 Å². The van der Waals surface area contributed by atoms with Crippen LogP contribution in [0.2, 0.25) is 0 Å². The molecule has 0 fully saturated rings.